The normalized spacial score (nSPS) is 11.6. The minimum atomic E-state index is 0.726. The van der Waals surface area contributed by atoms with Gasteiger partial charge in [-0.25, -0.2) is 14.6 Å². The topological polar surface area (TPSA) is 68.0 Å². The lowest BCUT2D eigenvalue weighted by Gasteiger charge is -2.04. The average Bonchev–Trinajstić information content (AvgIpc) is 3.13. The summed E-state index contributed by atoms with van der Waals surface area (Å²) in [7, 11) is 0. The van der Waals surface area contributed by atoms with Gasteiger partial charge in [0.05, 0.1) is 28.7 Å². The Morgan fingerprint density at radius 3 is 2.63 bits per heavy atom. The van der Waals surface area contributed by atoms with Crippen molar-refractivity contribution in [2.24, 2.45) is 5.10 Å². The van der Waals surface area contributed by atoms with Crippen molar-refractivity contribution >= 4 is 33.6 Å². The van der Waals surface area contributed by atoms with Crippen LogP contribution in [0.1, 0.15) is 27.4 Å². The van der Waals surface area contributed by atoms with Crippen LogP contribution in [0.4, 0.5) is 5.82 Å². The van der Waals surface area contributed by atoms with Crippen molar-refractivity contribution in [1.29, 1.82) is 0 Å². The number of aryl methyl sites for hydroxylation is 3. The second kappa shape index (κ2) is 6.92. The van der Waals surface area contributed by atoms with Crippen molar-refractivity contribution < 1.29 is 0 Å². The molecule has 136 valence electrons. The van der Waals surface area contributed by atoms with E-state index in [1.165, 1.54) is 10.4 Å². The molecule has 0 radical (unpaired) electrons. The predicted molar refractivity (Wildman–Crippen MR) is 111 cm³/mol. The number of nitrogens with zero attached hydrogens (tertiary/aromatic N) is 5. The molecule has 4 aromatic rings. The zero-order chi connectivity index (χ0) is 19.0. The first-order valence-corrected chi connectivity index (χ1v) is 9.49. The monoisotopic (exact) mass is 376 g/mol. The molecule has 0 saturated carbocycles. The summed E-state index contributed by atoms with van der Waals surface area (Å²) in [5.41, 5.74) is 8.27. The third-order valence-corrected chi connectivity index (χ3v) is 5.79. The molecule has 0 bridgehead atoms. The molecule has 0 saturated heterocycles. The lowest BCUT2D eigenvalue weighted by Crippen LogP contribution is -1.99. The number of anilines is 1. The first-order chi connectivity index (χ1) is 13.1. The zero-order valence-corrected chi connectivity index (χ0v) is 16.5. The molecule has 3 aromatic heterocycles. The van der Waals surface area contributed by atoms with Crippen molar-refractivity contribution in [3.63, 3.8) is 0 Å². The molecule has 0 amide bonds. The molecule has 27 heavy (non-hydrogen) atoms. The van der Waals surface area contributed by atoms with Crippen LogP contribution in [-0.4, -0.2) is 26.0 Å². The maximum Gasteiger partial charge on any atom is 0.158 e. The van der Waals surface area contributed by atoms with Gasteiger partial charge in [-0.3, -0.25) is 5.43 Å². The molecule has 1 N–H and O–H groups in total. The van der Waals surface area contributed by atoms with Crippen molar-refractivity contribution in [2.75, 3.05) is 5.43 Å². The van der Waals surface area contributed by atoms with Gasteiger partial charge in [0.25, 0.3) is 0 Å². The summed E-state index contributed by atoms with van der Waals surface area (Å²) < 4.78 is 1.94. The summed E-state index contributed by atoms with van der Waals surface area (Å²) in [5, 5.41) is 10.1. The maximum absolute atomic E-state index is 4.65. The highest BCUT2D eigenvalue weighted by Crippen LogP contribution is 2.32. The molecule has 4 rings (SSSR count). The Morgan fingerprint density at radius 2 is 1.85 bits per heavy atom. The molecule has 0 atom stereocenters. The average molecular weight is 376 g/mol. The highest BCUT2D eigenvalue weighted by molar-refractivity contribution is 7.18. The molecule has 7 heteroatoms. The molecule has 0 fully saturated rings. The second-order valence-corrected chi connectivity index (χ2v) is 7.59. The van der Waals surface area contributed by atoms with Crippen LogP contribution in [-0.2, 0) is 0 Å². The predicted octanol–water partition coefficient (Wildman–Crippen LogP) is 4.56. The van der Waals surface area contributed by atoms with Gasteiger partial charge in [-0.1, -0.05) is 18.2 Å². The van der Waals surface area contributed by atoms with E-state index in [9.17, 15) is 0 Å². The molecule has 0 spiro atoms. The summed E-state index contributed by atoms with van der Waals surface area (Å²) >= 11 is 1.67. The highest BCUT2D eigenvalue weighted by atomic mass is 32.1. The first-order valence-electron chi connectivity index (χ1n) is 8.67. The molecular formula is C20H20N6S. The number of aromatic nitrogens is 4. The van der Waals surface area contributed by atoms with E-state index in [0.717, 1.165) is 38.7 Å². The fourth-order valence-corrected chi connectivity index (χ4v) is 4.08. The largest absolute Gasteiger partial charge is 0.261 e. The van der Waals surface area contributed by atoms with Gasteiger partial charge in [-0.2, -0.15) is 10.2 Å². The minimum Gasteiger partial charge on any atom is -0.261 e. The summed E-state index contributed by atoms with van der Waals surface area (Å²) in [4.78, 5) is 10.9. The molecule has 0 aliphatic carbocycles. The fourth-order valence-electron chi connectivity index (χ4n) is 3.09. The number of benzene rings is 1. The molecule has 0 aliphatic rings. The first kappa shape index (κ1) is 17.4. The number of rotatable bonds is 4. The van der Waals surface area contributed by atoms with Crippen LogP contribution in [0, 0.1) is 27.7 Å². The standard InChI is InChI=1S/C20H20N6S/c1-12-15(4)27-20-18(12)19(21-11-22-20)24-23-10-17-13(2)25-26(14(17)3)16-8-6-5-7-9-16/h5-11H,1-4H3,(H,21,22,24)/b23-10-. The van der Waals surface area contributed by atoms with Crippen LogP contribution in [0.3, 0.4) is 0 Å². The van der Waals surface area contributed by atoms with Crippen LogP contribution in [0.2, 0.25) is 0 Å². The van der Waals surface area contributed by atoms with Gasteiger partial charge >= 0.3 is 0 Å². The van der Waals surface area contributed by atoms with Crippen LogP contribution < -0.4 is 5.43 Å². The van der Waals surface area contributed by atoms with Crippen LogP contribution in [0.25, 0.3) is 15.9 Å². The molecular weight excluding hydrogens is 356 g/mol. The molecule has 0 unspecified atom stereocenters. The van der Waals surface area contributed by atoms with Gasteiger partial charge < -0.3 is 0 Å². The van der Waals surface area contributed by atoms with E-state index in [-0.39, 0.29) is 0 Å². The van der Waals surface area contributed by atoms with Crippen LogP contribution in [0.15, 0.2) is 41.8 Å². The zero-order valence-electron chi connectivity index (χ0n) is 15.7. The van der Waals surface area contributed by atoms with Crippen LogP contribution >= 0.6 is 11.3 Å². The number of thiophene rings is 1. The quantitative estimate of drug-likeness (QED) is 0.419. The van der Waals surface area contributed by atoms with E-state index in [0.29, 0.717) is 0 Å². The number of hydrogen-bond donors (Lipinski definition) is 1. The second-order valence-electron chi connectivity index (χ2n) is 6.39. The van der Waals surface area contributed by atoms with E-state index in [1.807, 2.05) is 48.9 Å². The molecule has 0 aliphatic heterocycles. The Labute approximate surface area is 161 Å². The van der Waals surface area contributed by atoms with Crippen molar-refractivity contribution in [3.05, 3.63) is 64.1 Å². The lowest BCUT2D eigenvalue weighted by atomic mass is 10.2. The van der Waals surface area contributed by atoms with Crippen molar-refractivity contribution in [1.82, 2.24) is 19.7 Å². The Morgan fingerprint density at radius 1 is 1.07 bits per heavy atom. The van der Waals surface area contributed by atoms with Crippen molar-refractivity contribution in [3.8, 4) is 5.69 Å². The third kappa shape index (κ3) is 3.10. The van der Waals surface area contributed by atoms with Gasteiger partial charge in [0.15, 0.2) is 5.82 Å². The van der Waals surface area contributed by atoms with E-state index in [1.54, 1.807) is 23.9 Å². The summed E-state index contributed by atoms with van der Waals surface area (Å²) in [6.07, 6.45) is 3.37. The van der Waals surface area contributed by atoms with Crippen molar-refractivity contribution in [2.45, 2.75) is 27.7 Å². The van der Waals surface area contributed by atoms with E-state index in [2.05, 4.69) is 39.4 Å². The Kier molecular flexibility index (Phi) is 4.45. The SMILES string of the molecule is Cc1nn(-c2ccccc2)c(C)c1/C=N\Nc1ncnc2sc(C)c(C)c12. The van der Waals surface area contributed by atoms with Crippen LogP contribution in [0.5, 0.6) is 0 Å². The number of para-hydroxylation sites is 1. The Hall–Kier alpha value is -3.06. The summed E-state index contributed by atoms with van der Waals surface area (Å²) in [6, 6.07) is 10.1. The van der Waals surface area contributed by atoms with Gasteiger partial charge in [0, 0.05) is 10.4 Å². The number of nitrogens with one attached hydrogen (secondary N) is 1. The van der Waals surface area contributed by atoms with Gasteiger partial charge in [0.1, 0.15) is 11.2 Å². The fraction of sp³-hybridized carbons (Fsp3) is 0.200. The number of hydrazone groups is 1. The van der Waals surface area contributed by atoms with Gasteiger partial charge in [-0.15, -0.1) is 11.3 Å². The van der Waals surface area contributed by atoms with Gasteiger partial charge in [-0.05, 0) is 45.4 Å². The molecule has 3 heterocycles. The smallest absolute Gasteiger partial charge is 0.158 e. The summed E-state index contributed by atoms with van der Waals surface area (Å²) in [5.74, 6) is 0.726. The maximum atomic E-state index is 4.65. The minimum absolute atomic E-state index is 0.726. The molecule has 1 aromatic carbocycles. The summed E-state index contributed by atoms with van der Waals surface area (Å²) in [6.45, 7) is 8.22. The third-order valence-electron chi connectivity index (χ3n) is 4.68. The highest BCUT2D eigenvalue weighted by Gasteiger charge is 2.13. The molecule has 6 nitrogen and oxygen atoms in total. The Balaban J connectivity index is 1.64. The van der Waals surface area contributed by atoms with Gasteiger partial charge in [0.2, 0.25) is 0 Å². The lowest BCUT2D eigenvalue weighted by molar-refractivity contribution is 0.833. The number of hydrogen-bond acceptors (Lipinski definition) is 6. The van der Waals surface area contributed by atoms with E-state index in [4.69, 9.17) is 0 Å². The van der Waals surface area contributed by atoms with E-state index < -0.39 is 0 Å². The Bertz CT molecular complexity index is 1140. The number of fused-ring (bicyclic) bond motifs is 1. The van der Waals surface area contributed by atoms with E-state index >= 15 is 0 Å².